The van der Waals surface area contributed by atoms with E-state index in [0.717, 1.165) is 11.4 Å². The van der Waals surface area contributed by atoms with Gasteiger partial charge in [0, 0.05) is 24.1 Å². The van der Waals surface area contributed by atoms with Crippen LogP contribution in [0.25, 0.3) is 0 Å². The summed E-state index contributed by atoms with van der Waals surface area (Å²) >= 11 is 0. The van der Waals surface area contributed by atoms with Crippen molar-refractivity contribution in [2.24, 2.45) is 0 Å². The van der Waals surface area contributed by atoms with Gasteiger partial charge in [-0.25, -0.2) is 4.79 Å². The number of carbonyl (C=O) groups is 2. The molecule has 2 aromatic rings. The van der Waals surface area contributed by atoms with Crippen LogP contribution in [-0.4, -0.2) is 50.4 Å². The Bertz CT molecular complexity index is 809. The van der Waals surface area contributed by atoms with Crippen molar-refractivity contribution in [3.8, 4) is 11.5 Å². The van der Waals surface area contributed by atoms with Gasteiger partial charge in [0.2, 0.25) is 5.78 Å². The molecule has 1 aromatic heterocycles. The number of esters is 1. The Kier molecular flexibility index (Phi) is 7.63. The van der Waals surface area contributed by atoms with Crippen molar-refractivity contribution < 1.29 is 28.5 Å². The van der Waals surface area contributed by atoms with E-state index in [9.17, 15) is 9.59 Å². The molecule has 0 saturated carbocycles. The van der Waals surface area contributed by atoms with E-state index < -0.39 is 5.97 Å². The van der Waals surface area contributed by atoms with Gasteiger partial charge in [0.15, 0.2) is 13.2 Å². The van der Waals surface area contributed by atoms with Crippen LogP contribution < -0.4 is 9.47 Å². The highest BCUT2D eigenvalue weighted by atomic mass is 16.6. The molecule has 2 rings (SSSR count). The molecule has 0 N–H and O–H groups in total. The van der Waals surface area contributed by atoms with Gasteiger partial charge < -0.3 is 23.5 Å². The van der Waals surface area contributed by atoms with E-state index in [0.29, 0.717) is 23.7 Å². The number of hydrogen-bond donors (Lipinski definition) is 0. The molecule has 0 unspecified atom stereocenters. The number of methoxy groups -OCH3 is 2. The molecule has 1 aromatic carbocycles. The van der Waals surface area contributed by atoms with Gasteiger partial charge in [-0.15, -0.1) is 0 Å². The number of aromatic nitrogens is 1. The van der Waals surface area contributed by atoms with Crippen LogP contribution in [0.4, 0.5) is 0 Å². The minimum atomic E-state index is -0.606. The van der Waals surface area contributed by atoms with Gasteiger partial charge in [0.05, 0.1) is 19.8 Å². The van der Waals surface area contributed by atoms with E-state index >= 15 is 0 Å². The second kappa shape index (κ2) is 9.94. The van der Waals surface area contributed by atoms with E-state index in [1.807, 2.05) is 31.4 Å². The highest BCUT2D eigenvalue weighted by Crippen LogP contribution is 2.21. The minimum Gasteiger partial charge on any atom is -0.497 e. The molecule has 0 aliphatic carbocycles. The number of ether oxygens (including phenoxy) is 4. The largest absolute Gasteiger partial charge is 0.497 e. The van der Waals surface area contributed by atoms with Crippen molar-refractivity contribution in [3.05, 3.63) is 47.3 Å². The van der Waals surface area contributed by atoms with E-state index in [2.05, 4.69) is 0 Å². The molecule has 0 spiro atoms. The fourth-order valence-corrected chi connectivity index (χ4v) is 3.13. The summed E-state index contributed by atoms with van der Waals surface area (Å²) in [5, 5.41) is 0. The number of rotatable bonds is 10. The Balaban J connectivity index is 1.89. The molecule has 7 nitrogen and oxygen atoms in total. The summed E-state index contributed by atoms with van der Waals surface area (Å²) in [6.07, 6.45) is 0. The summed E-state index contributed by atoms with van der Waals surface area (Å²) in [6.45, 7) is 5.78. The van der Waals surface area contributed by atoms with E-state index in [1.54, 1.807) is 38.5 Å². The van der Waals surface area contributed by atoms with Crippen molar-refractivity contribution in [1.82, 2.24) is 4.57 Å². The first-order valence-corrected chi connectivity index (χ1v) is 9.00. The predicted molar refractivity (Wildman–Crippen MR) is 104 cm³/mol. The SMILES string of the molecule is COC[C@H](C)n1c(C)cc(C(=O)COC(=O)COc2ccc(OC)cc2)c1C. The van der Waals surface area contributed by atoms with Gasteiger partial charge in [0.25, 0.3) is 0 Å². The molecule has 0 bridgehead atoms. The summed E-state index contributed by atoms with van der Waals surface area (Å²) in [5.74, 6) is 0.352. The molecule has 0 fully saturated rings. The Labute approximate surface area is 165 Å². The molecule has 0 amide bonds. The first kappa shape index (κ1) is 21.5. The second-order valence-corrected chi connectivity index (χ2v) is 6.51. The molecule has 0 aliphatic rings. The number of aryl methyl sites for hydroxylation is 1. The van der Waals surface area contributed by atoms with Crippen LogP contribution in [-0.2, 0) is 14.3 Å². The molecule has 1 heterocycles. The fourth-order valence-electron chi connectivity index (χ4n) is 3.13. The zero-order valence-electron chi connectivity index (χ0n) is 17.0. The van der Waals surface area contributed by atoms with Gasteiger partial charge in [-0.2, -0.15) is 0 Å². The maximum atomic E-state index is 12.5. The van der Waals surface area contributed by atoms with Gasteiger partial charge in [0.1, 0.15) is 11.5 Å². The number of nitrogens with zero attached hydrogens (tertiary/aromatic N) is 1. The topological polar surface area (TPSA) is 76.0 Å². The Morgan fingerprint density at radius 2 is 1.68 bits per heavy atom. The summed E-state index contributed by atoms with van der Waals surface area (Å²) in [4.78, 5) is 24.4. The lowest BCUT2D eigenvalue weighted by molar-refractivity contribution is -0.144. The predicted octanol–water partition coefficient (Wildman–Crippen LogP) is 3.13. The van der Waals surface area contributed by atoms with Crippen molar-refractivity contribution in [1.29, 1.82) is 0 Å². The molecule has 0 aliphatic heterocycles. The standard InChI is InChI=1S/C21H27NO6/c1-14-10-19(16(3)22(14)15(2)11-25-4)20(23)12-28-21(24)13-27-18-8-6-17(26-5)7-9-18/h6-10,15H,11-13H2,1-5H3/t15-/m0/s1. The van der Waals surface area contributed by atoms with Crippen LogP contribution in [0.3, 0.4) is 0 Å². The van der Waals surface area contributed by atoms with E-state index in [4.69, 9.17) is 18.9 Å². The Morgan fingerprint density at radius 3 is 2.29 bits per heavy atom. The van der Waals surface area contributed by atoms with E-state index in [1.165, 1.54) is 0 Å². The van der Waals surface area contributed by atoms with Gasteiger partial charge in [-0.3, -0.25) is 4.79 Å². The third-order valence-corrected chi connectivity index (χ3v) is 4.41. The average molecular weight is 389 g/mol. The van der Waals surface area contributed by atoms with Crippen LogP contribution in [0.15, 0.2) is 30.3 Å². The van der Waals surface area contributed by atoms with Crippen LogP contribution in [0, 0.1) is 13.8 Å². The third-order valence-electron chi connectivity index (χ3n) is 4.41. The van der Waals surface area contributed by atoms with Crippen LogP contribution in [0.5, 0.6) is 11.5 Å². The molecular weight excluding hydrogens is 362 g/mol. The first-order chi connectivity index (χ1) is 13.4. The number of hydrogen-bond acceptors (Lipinski definition) is 6. The summed E-state index contributed by atoms with van der Waals surface area (Å²) in [5.41, 5.74) is 2.33. The smallest absolute Gasteiger partial charge is 0.344 e. The zero-order chi connectivity index (χ0) is 20.7. The van der Waals surface area contributed by atoms with Crippen molar-refractivity contribution >= 4 is 11.8 Å². The first-order valence-electron chi connectivity index (χ1n) is 9.00. The quantitative estimate of drug-likeness (QED) is 0.459. The number of Topliss-reactive ketones (excluding diaryl/α,β-unsaturated/α-hetero) is 1. The number of ketones is 1. The molecule has 1 atom stereocenters. The van der Waals surface area contributed by atoms with E-state index in [-0.39, 0.29) is 25.0 Å². The average Bonchev–Trinajstić information content (AvgIpc) is 2.99. The number of benzene rings is 1. The highest BCUT2D eigenvalue weighted by molar-refractivity contribution is 5.99. The Morgan fingerprint density at radius 1 is 1.04 bits per heavy atom. The van der Waals surface area contributed by atoms with Gasteiger partial charge in [-0.05, 0) is 51.1 Å². The lowest BCUT2D eigenvalue weighted by atomic mass is 10.1. The molecule has 7 heteroatoms. The molecule has 152 valence electrons. The van der Waals surface area contributed by atoms with Crippen LogP contribution in [0.2, 0.25) is 0 Å². The fraction of sp³-hybridized carbons (Fsp3) is 0.429. The lowest BCUT2D eigenvalue weighted by Gasteiger charge is -2.17. The maximum Gasteiger partial charge on any atom is 0.344 e. The van der Waals surface area contributed by atoms with Crippen molar-refractivity contribution in [2.45, 2.75) is 26.8 Å². The minimum absolute atomic E-state index is 0.104. The molecule has 0 saturated heterocycles. The zero-order valence-corrected chi connectivity index (χ0v) is 17.0. The number of carbonyl (C=O) groups excluding carboxylic acids is 2. The summed E-state index contributed by atoms with van der Waals surface area (Å²) in [7, 11) is 3.21. The van der Waals surface area contributed by atoms with Gasteiger partial charge in [-0.1, -0.05) is 0 Å². The highest BCUT2D eigenvalue weighted by Gasteiger charge is 2.20. The lowest BCUT2D eigenvalue weighted by Crippen LogP contribution is -2.20. The van der Waals surface area contributed by atoms with Crippen molar-refractivity contribution in [3.63, 3.8) is 0 Å². The molecule has 28 heavy (non-hydrogen) atoms. The van der Waals surface area contributed by atoms with Crippen LogP contribution in [0.1, 0.15) is 34.7 Å². The molecular formula is C21H27NO6. The molecule has 0 radical (unpaired) electrons. The second-order valence-electron chi connectivity index (χ2n) is 6.51. The Hall–Kier alpha value is -2.80. The maximum absolute atomic E-state index is 12.5. The normalized spacial score (nSPS) is 11.8. The third kappa shape index (κ3) is 5.36. The monoisotopic (exact) mass is 389 g/mol. The van der Waals surface area contributed by atoms with Crippen LogP contribution >= 0.6 is 0 Å². The van der Waals surface area contributed by atoms with Crippen molar-refractivity contribution in [2.75, 3.05) is 34.0 Å². The summed E-state index contributed by atoms with van der Waals surface area (Å²) < 4.78 is 22.7. The summed E-state index contributed by atoms with van der Waals surface area (Å²) in [6, 6.07) is 8.74. The van der Waals surface area contributed by atoms with Gasteiger partial charge >= 0.3 is 5.97 Å².